The second-order valence-corrected chi connectivity index (χ2v) is 6.02. The monoisotopic (exact) mass is 330 g/mol. The maximum atomic E-state index is 13.0. The SMILES string of the molecule is COP(=O)(CC(=O)Oc1ccc(F)c(C(F)(F)F)c1)OC. The molecule has 0 saturated heterocycles. The van der Waals surface area contributed by atoms with Gasteiger partial charge in [-0.05, 0) is 18.2 Å². The minimum atomic E-state index is -4.93. The van der Waals surface area contributed by atoms with E-state index in [2.05, 4.69) is 13.8 Å². The number of alkyl halides is 3. The van der Waals surface area contributed by atoms with Gasteiger partial charge in [0.2, 0.25) is 0 Å². The summed E-state index contributed by atoms with van der Waals surface area (Å²) < 4.78 is 75.7. The Morgan fingerprint density at radius 1 is 1.24 bits per heavy atom. The van der Waals surface area contributed by atoms with Crippen LogP contribution in [0.5, 0.6) is 5.75 Å². The zero-order chi connectivity index (χ0) is 16.3. The number of esters is 1. The lowest BCUT2D eigenvalue weighted by molar-refractivity contribution is -0.140. The molecule has 1 aromatic rings. The second-order valence-electron chi connectivity index (χ2n) is 3.75. The van der Waals surface area contributed by atoms with Gasteiger partial charge in [0.05, 0.1) is 5.56 Å². The Kier molecular flexibility index (Phi) is 5.49. The molecular formula is C11H11F4O5P. The molecule has 0 fully saturated rings. The summed E-state index contributed by atoms with van der Waals surface area (Å²) in [5.74, 6) is -3.17. The van der Waals surface area contributed by atoms with Crippen molar-refractivity contribution in [2.24, 2.45) is 0 Å². The standard InChI is InChI=1S/C11H11F4O5P/c1-18-21(17,19-2)6-10(16)20-7-3-4-9(12)8(5-7)11(13,14)15/h3-5H,6H2,1-2H3. The van der Waals surface area contributed by atoms with Crippen LogP contribution in [0.25, 0.3) is 0 Å². The van der Waals surface area contributed by atoms with E-state index in [0.29, 0.717) is 12.1 Å². The van der Waals surface area contributed by atoms with Crippen LogP contribution in [0.2, 0.25) is 0 Å². The van der Waals surface area contributed by atoms with E-state index in [4.69, 9.17) is 0 Å². The van der Waals surface area contributed by atoms with E-state index in [0.717, 1.165) is 20.3 Å². The number of carbonyl (C=O) groups is 1. The van der Waals surface area contributed by atoms with Crippen molar-refractivity contribution in [3.63, 3.8) is 0 Å². The molecule has 21 heavy (non-hydrogen) atoms. The highest BCUT2D eigenvalue weighted by atomic mass is 31.2. The summed E-state index contributed by atoms with van der Waals surface area (Å²) in [5, 5.41) is 0. The molecule has 0 unspecified atom stereocenters. The minimum absolute atomic E-state index is 0.331. The maximum Gasteiger partial charge on any atom is 0.419 e. The Balaban J connectivity index is 2.90. The second kappa shape index (κ2) is 6.55. The van der Waals surface area contributed by atoms with Crippen molar-refractivity contribution in [2.45, 2.75) is 6.18 Å². The van der Waals surface area contributed by atoms with Gasteiger partial charge in [0.15, 0.2) is 0 Å². The van der Waals surface area contributed by atoms with E-state index in [1.165, 1.54) is 0 Å². The summed E-state index contributed by atoms with van der Waals surface area (Å²) in [4.78, 5) is 11.5. The van der Waals surface area contributed by atoms with Gasteiger partial charge in [-0.25, -0.2) is 4.39 Å². The summed E-state index contributed by atoms with van der Waals surface area (Å²) in [6.07, 6.45) is -5.72. The number of hydrogen-bond donors (Lipinski definition) is 0. The third-order valence-corrected chi connectivity index (χ3v) is 4.11. The molecule has 0 heterocycles. The largest absolute Gasteiger partial charge is 0.426 e. The summed E-state index contributed by atoms with van der Waals surface area (Å²) >= 11 is 0. The first kappa shape index (κ1) is 17.6. The first-order chi connectivity index (χ1) is 9.61. The lowest BCUT2D eigenvalue weighted by Gasteiger charge is -2.13. The number of hydrogen-bond acceptors (Lipinski definition) is 5. The van der Waals surface area contributed by atoms with Crippen LogP contribution in [-0.2, 0) is 24.6 Å². The highest BCUT2D eigenvalue weighted by Gasteiger charge is 2.35. The Morgan fingerprint density at radius 2 is 1.81 bits per heavy atom. The molecule has 0 amide bonds. The van der Waals surface area contributed by atoms with Gasteiger partial charge in [-0.3, -0.25) is 9.36 Å². The van der Waals surface area contributed by atoms with Crippen LogP contribution in [-0.4, -0.2) is 26.4 Å². The van der Waals surface area contributed by atoms with Crippen molar-refractivity contribution in [1.82, 2.24) is 0 Å². The van der Waals surface area contributed by atoms with Gasteiger partial charge in [-0.15, -0.1) is 0 Å². The fourth-order valence-corrected chi connectivity index (χ4v) is 2.10. The summed E-state index contributed by atoms with van der Waals surface area (Å²) in [7, 11) is -1.62. The van der Waals surface area contributed by atoms with Crippen molar-refractivity contribution >= 4 is 13.6 Å². The van der Waals surface area contributed by atoms with E-state index in [-0.39, 0.29) is 0 Å². The molecule has 118 valence electrons. The highest BCUT2D eigenvalue weighted by Crippen LogP contribution is 2.46. The molecule has 0 N–H and O–H groups in total. The normalized spacial score (nSPS) is 12.3. The number of halogens is 4. The third kappa shape index (κ3) is 4.80. The zero-order valence-corrected chi connectivity index (χ0v) is 11.8. The topological polar surface area (TPSA) is 61.8 Å². The molecule has 0 atom stereocenters. The van der Waals surface area contributed by atoms with Crippen LogP contribution in [0.15, 0.2) is 18.2 Å². The van der Waals surface area contributed by atoms with Crippen molar-refractivity contribution < 1.29 is 40.7 Å². The van der Waals surface area contributed by atoms with Gasteiger partial charge >= 0.3 is 19.7 Å². The molecule has 0 spiro atoms. The number of rotatable bonds is 5. The van der Waals surface area contributed by atoms with E-state index < -0.39 is 43.0 Å². The van der Waals surface area contributed by atoms with Crippen molar-refractivity contribution in [3.05, 3.63) is 29.6 Å². The summed E-state index contributed by atoms with van der Waals surface area (Å²) in [5.41, 5.74) is -1.57. The summed E-state index contributed by atoms with van der Waals surface area (Å²) in [6, 6.07) is 1.68. The predicted molar refractivity (Wildman–Crippen MR) is 63.5 cm³/mol. The van der Waals surface area contributed by atoms with E-state index in [1.807, 2.05) is 0 Å². The molecule has 0 aromatic heterocycles. The van der Waals surface area contributed by atoms with Gasteiger partial charge in [-0.2, -0.15) is 13.2 Å². The Hall–Kier alpha value is -1.44. The molecule has 0 aliphatic carbocycles. The third-order valence-electron chi connectivity index (χ3n) is 2.35. The molecule has 0 radical (unpaired) electrons. The van der Waals surface area contributed by atoms with Gasteiger partial charge < -0.3 is 13.8 Å². The number of ether oxygens (including phenoxy) is 1. The number of carbonyl (C=O) groups excluding carboxylic acids is 1. The van der Waals surface area contributed by atoms with Crippen LogP contribution in [0, 0.1) is 5.82 Å². The maximum absolute atomic E-state index is 13.0. The van der Waals surface area contributed by atoms with Crippen molar-refractivity contribution in [3.8, 4) is 5.75 Å². The van der Waals surface area contributed by atoms with E-state index in [1.54, 1.807) is 0 Å². The zero-order valence-electron chi connectivity index (χ0n) is 10.9. The molecule has 1 rings (SSSR count). The van der Waals surface area contributed by atoms with Gasteiger partial charge in [0.1, 0.15) is 17.7 Å². The lowest BCUT2D eigenvalue weighted by Crippen LogP contribution is -2.15. The Bertz CT molecular complexity index is 564. The van der Waals surface area contributed by atoms with Crippen molar-refractivity contribution in [2.75, 3.05) is 20.4 Å². The molecule has 0 bridgehead atoms. The van der Waals surface area contributed by atoms with Crippen LogP contribution in [0.4, 0.5) is 17.6 Å². The van der Waals surface area contributed by atoms with Crippen LogP contribution in [0.1, 0.15) is 5.56 Å². The summed E-state index contributed by atoms with van der Waals surface area (Å²) in [6.45, 7) is 0. The number of benzene rings is 1. The van der Waals surface area contributed by atoms with E-state index >= 15 is 0 Å². The molecule has 1 aromatic carbocycles. The quantitative estimate of drug-likeness (QED) is 0.359. The smallest absolute Gasteiger partial charge is 0.419 e. The predicted octanol–water partition coefficient (Wildman–Crippen LogP) is 3.24. The molecule has 0 aliphatic heterocycles. The average Bonchev–Trinajstić information content (AvgIpc) is 2.39. The van der Waals surface area contributed by atoms with Crippen LogP contribution in [0.3, 0.4) is 0 Å². The Morgan fingerprint density at radius 3 is 2.29 bits per heavy atom. The van der Waals surface area contributed by atoms with E-state index in [9.17, 15) is 26.9 Å². The van der Waals surface area contributed by atoms with Gasteiger partial charge in [-0.1, -0.05) is 0 Å². The fourth-order valence-electron chi connectivity index (χ4n) is 1.31. The minimum Gasteiger partial charge on any atom is -0.426 e. The highest BCUT2D eigenvalue weighted by molar-refractivity contribution is 7.54. The first-order valence-corrected chi connectivity index (χ1v) is 7.12. The van der Waals surface area contributed by atoms with Crippen molar-refractivity contribution in [1.29, 1.82) is 0 Å². The fraction of sp³-hybridized carbons (Fsp3) is 0.364. The molecule has 0 aliphatic rings. The van der Waals surface area contributed by atoms with Crippen LogP contribution >= 0.6 is 7.60 Å². The first-order valence-electron chi connectivity index (χ1n) is 5.39. The molecule has 0 saturated carbocycles. The molecule has 5 nitrogen and oxygen atoms in total. The Labute approximate surface area is 117 Å². The molecule has 10 heteroatoms. The lowest BCUT2D eigenvalue weighted by atomic mass is 10.2. The van der Waals surface area contributed by atoms with Gasteiger partial charge in [0.25, 0.3) is 0 Å². The van der Waals surface area contributed by atoms with Gasteiger partial charge in [0, 0.05) is 14.2 Å². The van der Waals surface area contributed by atoms with Crippen LogP contribution < -0.4 is 4.74 Å². The average molecular weight is 330 g/mol. The molecular weight excluding hydrogens is 319 g/mol.